The normalized spacial score (nSPS) is 11.6. The molecule has 4 nitrogen and oxygen atoms in total. The highest BCUT2D eigenvalue weighted by molar-refractivity contribution is 6.17. The second kappa shape index (κ2) is 6.94. The third-order valence-electron chi connectivity index (χ3n) is 2.75. The number of nitrogens with one attached hydrogen (secondary N) is 1. The van der Waals surface area contributed by atoms with Crippen LogP contribution in [-0.4, -0.2) is 23.3 Å². The van der Waals surface area contributed by atoms with Crippen LogP contribution in [0.2, 0.25) is 0 Å². The van der Waals surface area contributed by atoms with E-state index in [1.165, 1.54) is 0 Å². The van der Waals surface area contributed by atoms with Gasteiger partial charge in [-0.2, -0.15) is 0 Å². The van der Waals surface area contributed by atoms with Crippen LogP contribution in [-0.2, 0) is 16.6 Å². The van der Waals surface area contributed by atoms with Gasteiger partial charge in [0.2, 0.25) is 5.91 Å². The fourth-order valence-electron chi connectivity index (χ4n) is 1.59. The van der Waals surface area contributed by atoms with Gasteiger partial charge in [-0.1, -0.05) is 20.8 Å². The van der Waals surface area contributed by atoms with Crippen LogP contribution >= 0.6 is 11.6 Å². The van der Waals surface area contributed by atoms with Crippen molar-refractivity contribution in [1.29, 1.82) is 0 Å². The van der Waals surface area contributed by atoms with Crippen molar-refractivity contribution in [2.24, 2.45) is 0 Å². The molecule has 1 N–H and O–H groups in total. The molecule has 1 aromatic heterocycles. The van der Waals surface area contributed by atoms with E-state index in [1.807, 2.05) is 6.92 Å². The van der Waals surface area contributed by atoms with Crippen LogP contribution in [0, 0.1) is 6.92 Å². The summed E-state index contributed by atoms with van der Waals surface area (Å²) >= 11 is 5.55. The van der Waals surface area contributed by atoms with Crippen molar-refractivity contribution in [1.82, 2.24) is 10.3 Å². The van der Waals surface area contributed by atoms with E-state index in [4.69, 9.17) is 16.0 Å². The first-order valence-corrected chi connectivity index (χ1v) is 7.17. The SMILES string of the molecule is Cc1nc(C(C)(C)C)oc1CCC(=O)NCCCCl. The molecule has 108 valence electrons. The van der Waals surface area contributed by atoms with Gasteiger partial charge in [0, 0.05) is 30.7 Å². The van der Waals surface area contributed by atoms with Gasteiger partial charge in [0.1, 0.15) is 5.76 Å². The van der Waals surface area contributed by atoms with Crippen LogP contribution < -0.4 is 5.32 Å². The van der Waals surface area contributed by atoms with E-state index in [2.05, 4.69) is 31.1 Å². The first-order valence-electron chi connectivity index (χ1n) is 6.64. The highest BCUT2D eigenvalue weighted by atomic mass is 35.5. The van der Waals surface area contributed by atoms with Crippen molar-refractivity contribution in [2.45, 2.75) is 52.4 Å². The maximum Gasteiger partial charge on any atom is 0.220 e. The van der Waals surface area contributed by atoms with E-state index < -0.39 is 0 Å². The quantitative estimate of drug-likeness (QED) is 0.646. The van der Waals surface area contributed by atoms with Gasteiger partial charge in [-0.3, -0.25) is 4.79 Å². The zero-order valence-electron chi connectivity index (χ0n) is 12.2. The molecule has 1 amide bonds. The molecule has 0 saturated heterocycles. The molecular formula is C14H23ClN2O2. The summed E-state index contributed by atoms with van der Waals surface area (Å²) in [5.41, 5.74) is 0.768. The Hall–Kier alpha value is -1.03. The molecule has 0 bridgehead atoms. The van der Waals surface area contributed by atoms with Crippen LogP contribution in [0.3, 0.4) is 0 Å². The lowest BCUT2D eigenvalue weighted by Gasteiger charge is -2.12. The number of oxazole rings is 1. The molecule has 1 heterocycles. The Morgan fingerprint density at radius 2 is 2.11 bits per heavy atom. The molecular weight excluding hydrogens is 264 g/mol. The van der Waals surface area contributed by atoms with Gasteiger partial charge < -0.3 is 9.73 Å². The number of aromatic nitrogens is 1. The summed E-state index contributed by atoms with van der Waals surface area (Å²) in [6.07, 6.45) is 1.80. The van der Waals surface area contributed by atoms with Crippen molar-refractivity contribution in [2.75, 3.05) is 12.4 Å². The van der Waals surface area contributed by atoms with Gasteiger partial charge >= 0.3 is 0 Å². The molecule has 1 rings (SSSR count). The maximum atomic E-state index is 11.6. The summed E-state index contributed by atoms with van der Waals surface area (Å²) in [5.74, 6) is 2.12. The van der Waals surface area contributed by atoms with E-state index in [0.717, 1.165) is 23.8 Å². The number of hydrogen-bond donors (Lipinski definition) is 1. The van der Waals surface area contributed by atoms with Crippen LogP contribution in [0.15, 0.2) is 4.42 Å². The van der Waals surface area contributed by atoms with Crippen LogP contribution in [0.4, 0.5) is 0 Å². The van der Waals surface area contributed by atoms with Gasteiger partial charge in [-0.25, -0.2) is 4.98 Å². The molecule has 0 radical (unpaired) electrons. The van der Waals surface area contributed by atoms with E-state index in [-0.39, 0.29) is 11.3 Å². The molecule has 19 heavy (non-hydrogen) atoms. The van der Waals surface area contributed by atoms with Crippen LogP contribution in [0.25, 0.3) is 0 Å². The highest BCUT2D eigenvalue weighted by Gasteiger charge is 2.22. The zero-order valence-corrected chi connectivity index (χ0v) is 12.9. The third kappa shape index (κ3) is 5.23. The molecule has 0 atom stereocenters. The third-order valence-corrected chi connectivity index (χ3v) is 3.01. The smallest absolute Gasteiger partial charge is 0.220 e. The topological polar surface area (TPSA) is 55.1 Å². The lowest BCUT2D eigenvalue weighted by atomic mass is 9.97. The lowest BCUT2D eigenvalue weighted by Crippen LogP contribution is -2.24. The summed E-state index contributed by atoms with van der Waals surface area (Å²) in [6, 6.07) is 0. The molecule has 5 heteroatoms. The Bertz CT molecular complexity index is 422. The molecule has 0 aliphatic carbocycles. The number of carbonyl (C=O) groups is 1. The van der Waals surface area contributed by atoms with Crippen molar-refractivity contribution >= 4 is 17.5 Å². The molecule has 0 spiro atoms. The lowest BCUT2D eigenvalue weighted by molar-refractivity contribution is -0.121. The summed E-state index contributed by atoms with van der Waals surface area (Å²) < 4.78 is 5.74. The Morgan fingerprint density at radius 3 is 2.63 bits per heavy atom. The Balaban J connectivity index is 2.49. The van der Waals surface area contributed by atoms with E-state index in [1.54, 1.807) is 0 Å². The zero-order chi connectivity index (χ0) is 14.5. The van der Waals surface area contributed by atoms with Crippen molar-refractivity contribution < 1.29 is 9.21 Å². The van der Waals surface area contributed by atoms with Crippen molar-refractivity contribution in [3.8, 4) is 0 Å². The summed E-state index contributed by atoms with van der Waals surface area (Å²) in [7, 11) is 0. The number of rotatable bonds is 6. The number of hydrogen-bond acceptors (Lipinski definition) is 3. The molecule has 0 aliphatic heterocycles. The Kier molecular flexibility index (Phi) is 5.85. The van der Waals surface area contributed by atoms with Gasteiger partial charge in [-0.15, -0.1) is 11.6 Å². The van der Waals surface area contributed by atoms with Gasteiger partial charge in [0.05, 0.1) is 5.69 Å². The number of nitrogens with zero attached hydrogens (tertiary/aromatic N) is 1. The average Bonchev–Trinajstić information content (AvgIpc) is 2.68. The molecule has 1 aromatic rings. The molecule has 0 aromatic carbocycles. The number of alkyl halides is 1. The first kappa shape index (κ1) is 16.0. The minimum atomic E-state index is -0.106. The minimum absolute atomic E-state index is 0.0261. The van der Waals surface area contributed by atoms with E-state index >= 15 is 0 Å². The van der Waals surface area contributed by atoms with Crippen molar-refractivity contribution in [3.63, 3.8) is 0 Å². The van der Waals surface area contributed by atoms with Gasteiger partial charge in [0.25, 0.3) is 0 Å². The minimum Gasteiger partial charge on any atom is -0.445 e. The predicted molar refractivity (Wildman–Crippen MR) is 76.6 cm³/mol. The molecule has 0 aliphatic rings. The summed E-state index contributed by atoms with van der Waals surface area (Å²) in [4.78, 5) is 16.0. The average molecular weight is 287 g/mol. The fraction of sp³-hybridized carbons (Fsp3) is 0.714. The predicted octanol–water partition coefficient (Wildman–Crippen LogP) is 2.96. The molecule has 0 fully saturated rings. The highest BCUT2D eigenvalue weighted by Crippen LogP contribution is 2.24. The summed E-state index contributed by atoms with van der Waals surface area (Å²) in [5, 5.41) is 2.82. The number of halogens is 1. The number of amides is 1. The second-order valence-electron chi connectivity index (χ2n) is 5.67. The monoisotopic (exact) mass is 286 g/mol. The largest absolute Gasteiger partial charge is 0.445 e. The van der Waals surface area contributed by atoms with E-state index in [9.17, 15) is 4.79 Å². The second-order valence-corrected chi connectivity index (χ2v) is 6.05. The van der Waals surface area contributed by atoms with Crippen LogP contribution in [0.1, 0.15) is 51.0 Å². The van der Waals surface area contributed by atoms with Gasteiger partial charge in [-0.05, 0) is 13.3 Å². The maximum absolute atomic E-state index is 11.6. The standard InChI is InChI=1S/C14H23ClN2O2/c1-10-11(19-13(17-10)14(2,3)4)6-7-12(18)16-9-5-8-15/h5-9H2,1-4H3,(H,16,18). The molecule has 0 unspecified atom stereocenters. The van der Waals surface area contributed by atoms with Gasteiger partial charge in [0.15, 0.2) is 5.89 Å². The first-order chi connectivity index (χ1) is 8.84. The Morgan fingerprint density at radius 1 is 1.42 bits per heavy atom. The fourth-order valence-corrected chi connectivity index (χ4v) is 1.72. The number of aryl methyl sites for hydroxylation is 2. The van der Waals surface area contributed by atoms with E-state index in [0.29, 0.717) is 25.3 Å². The number of carbonyl (C=O) groups excluding carboxylic acids is 1. The van der Waals surface area contributed by atoms with Crippen LogP contribution in [0.5, 0.6) is 0 Å². The summed E-state index contributed by atoms with van der Waals surface area (Å²) in [6.45, 7) is 8.72. The molecule has 0 saturated carbocycles. The Labute approximate surface area is 119 Å². The van der Waals surface area contributed by atoms with Crippen molar-refractivity contribution in [3.05, 3.63) is 17.3 Å².